The van der Waals surface area contributed by atoms with Gasteiger partial charge in [0, 0.05) is 37.9 Å². The largest absolute Gasteiger partial charge is 0.497 e. The molecule has 1 aliphatic heterocycles. The van der Waals surface area contributed by atoms with Gasteiger partial charge < -0.3 is 10.1 Å². The van der Waals surface area contributed by atoms with Gasteiger partial charge in [0.15, 0.2) is 0 Å². The van der Waals surface area contributed by atoms with Gasteiger partial charge in [-0.15, -0.1) is 0 Å². The molecule has 1 saturated heterocycles. The zero-order chi connectivity index (χ0) is 21.0. The Morgan fingerprint density at radius 3 is 2.45 bits per heavy atom. The highest BCUT2D eigenvalue weighted by atomic mass is 32.2. The second-order valence-electron chi connectivity index (χ2n) is 7.23. The Hall–Kier alpha value is -2.42. The van der Waals surface area contributed by atoms with Crippen LogP contribution >= 0.6 is 0 Å². The van der Waals surface area contributed by atoms with E-state index in [1.165, 1.54) is 4.31 Å². The van der Waals surface area contributed by atoms with Crippen molar-refractivity contribution < 1.29 is 17.9 Å². The maximum atomic E-state index is 13.0. The second-order valence-corrected chi connectivity index (χ2v) is 9.14. The molecule has 29 heavy (non-hydrogen) atoms. The van der Waals surface area contributed by atoms with Gasteiger partial charge in [-0.25, -0.2) is 8.42 Å². The summed E-state index contributed by atoms with van der Waals surface area (Å²) in [5.41, 5.74) is 2.46. The molecule has 1 fully saturated rings. The number of hydrogen-bond acceptors (Lipinski definition) is 5. The van der Waals surface area contributed by atoms with E-state index >= 15 is 0 Å². The van der Waals surface area contributed by atoms with E-state index < -0.39 is 10.0 Å². The molecule has 0 spiro atoms. The Labute approximate surface area is 172 Å². The first kappa shape index (κ1) is 21.3. The molecule has 3 rings (SSSR count). The SMILES string of the molecule is COc1cccc(NC(=O)CN2CCN(S(=O)(=O)c3ccc(C)cc3C)CC2)c1. The van der Waals surface area contributed by atoms with Crippen molar-refractivity contribution in [1.29, 1.82) is 0 Å². The van der Waals surface area contributed by atoms with E-state index in [4.69, 9.17) is 4.74 Å². The molecule has 0 aromatic heterocycles. The summed E-state index contributed by atoms with van der Waals surface area (Å²) in [6.45, 7) is 5.72. The fourth-order valence-corrected chi connectivity index (χ4v) is 5.09. The fourth-order valence-electron chi connectivity index (χ4n) is 3.46. The highest BCUT2D eigenvalue weighted by Crippen LogP contribution is 2.22. The molecule has 0 radical (unpaired) electrons. The monoisotopic (exact) mass is 417 g/mol. The molecule has 2 aromatic rings. The van der Waals surface area contributed by atoms with Crippen LogP contribution in [0.4, 0.5) is 5.69 Å². The predicted octanol–water partition coefficient (Wildman–Crippen LogP) is 2.26. The van der Waals surface area contributed by atoms with Crippen LogP contribution in [0, 0.1) is 13.8 Å². The lowest BCUT2D eigenvalue weighted by Gasteiger charge is -2.33. The Kier molecular flexibility index (Phi) is 6.56. The van der Waals surface area contributed by atoms with Crippen molar-refractivity contribution in [3.05, 3.63) is 53.6 Å². The molecular formula is C21H27N3O4S. The van der Waals surface area contributed by atoms with E-state index in [2.05, 4.69) is 5.32 Å². The smallest absolute Gasteiger partial charge is 0.243 e. The summed E-state index contributed by atoms with van der Waals surface area (Å²) in [5, 5.41) is 2.85. The van der Waals surface area contributed by atoms with E-state index in [0.29, 0.717) is 42.5 Å². The number of rotatable bonds is 6. The van der Waals surface area contributed by atoms with Gasteiger partial charge in [-0.2, -0.15) is 4.31 Å². The zero-order valence-electron chi connectivity index (χ0n) is 17.0. The molecule has 1 amide bonds. The predicted molar refractivity (Wildman–Crippen MR) is 113 cm³/mol. The van der Waals surface area contributed by atoms with Crippen molar-refractivity contribution in [3.8, 4) is 5.75 Å². The summed E-state index contributed by atoms with van der Waals surface area (Å²) in [6, 6.07) is 12.6. The van der Waals surface area contributed by atoms with Crippen LogP contribution in [0.3, 0.4) is 0 Å². The zero-order valence-corrected chi connectivity index (χ0v) is 17.8. The van der Waals surface area contributed by atoms with Crippen molar-refractivity contribution in [2.75, 3.05) is 45.2 Å². The van der Waals surface area contributed by atoms with Crippen molar-refractivity contribution in [2.24, 2.45) is 0 Å². The number of nitrogens with zero attached hydrogens (tertiary/aromatic N) is 2. The van der Waals surface area contributed by atoms with E-state index in [9.17, 15) is 13.2 Å². The first-order valence-electron chi connectivity index (χ1n) is 9.53. The van der Waals surface area contributed by atoms with Gasteiger partial charge in [0.1, 0.15) is 5.75 Å². The normalized spacial score (nSPS) is 15.8. The summed E-state index contributed by atoms with van der Waals surface area (Å²) in [4.78, 5) is 14.6. The van der Waals surface area contributed by atoms with E-state index in [1.807, 2.05) is 43.0 Å². The Balaban J connectivity index is 1.56. The minimum Gasteiger partial charge on any atom is -0.497 e. The third kappa shape index (κ3) is 5.14. The van der Waals surface area contributed by atoms with Gasteiger partial charge in [-0.1, -0.05) is 23.8 Å². The number of ether oxygens (including phenoxy) is 1. The Morgan fingerprint density at radius 2 is 1.79 bits per heavy atom. The van der Waals surface area contributed by atoms with Crippen LogP contribution < -0.4 is 10.1 Å². The van der Waals surface area contributed by atoms with Gasteiger partial charge in [0.25, 0.3) is 0 Å². The lowest BCUT2D eigenvalue weighted by Crippen LogP contribution is -2.50. The number of carbonyl (C=O) groups is 1. The molecular weight excluding hydrogens is 390 g/mol. The summed E-state index contributed by atoms with van der Waals surface area (Å²) in [6.07, 6.45) is 0. The van der Waals surface area contributed by atoms with Crippen LogP contribution in [0.15, 0.2) is 47.4 Å². The average molecular weight is 418 g/mol. The lowest BCUT2D eigenvalue weighted by molar-refractivity contribution is -0.117. The molecule has 156 valence electrons. The number of piperazine rings is 1. The molecule has 1 heterocycles. The molecule has 0 saturated carbocycles. The molecule has 0 bridgehead atoms. The standard InChI is InChI=1S/C21H27N3O4S/c1-16-7-8-20(17(2)13-16)29(26,27)24-11-9-23(10-12-24)15-21(25)22-18-5-4-6-19(14-18)28-3/h4-8,13-14H,9-12,15H2,1-3H3,(H,22,25). The van der Waals surface area contributed by atoms with Crippen LogP contribution in [-0.2, 0) is 14.8 Å². The fraction of sp³-hybridized carbons (Fsp3) is 0.381. The number of anilines is 1. The van der Waals surface area contributed by atoms with Gasteiger partial charge in [0.05, 0.1) is 18.6 Å². The number of sulfonamides is 1. The molecule has 0 atom stereocenters. The number of aryl methyl sites for hydroxylation is 2. The molecule has 8 heteroatoms. The molecule has 7 nitrogen and oxygen atoms in total. The average Bonchev–Trinajstić information content (AvgIpc) is 2.68. The maximum absolute atomic E-state index is 13.0. The highest BCUT2D eigenvalue weighted by molar-refractivity contribution is 7.89. The van der Waals surface area contributed by atoms with E-state index in [0.717, 1.165) is 11.1 Å². The number of nitrogens with one attached hydrogen (secondary N) is 1. The third-order valence-electron chi connectivity index (χ3n) is 5.00. The first-order chi connectivity index (χ1) is 13.8. The summed E-state index contributed by atoms with van der Waals surface area (Å²) in [7, 11) is -1.95. The topological polar surface area (TPSA) is 79.0 Å². The first-order valence-corrected chi connectivity index (χ1v) is 11.0. The quantitative estimate of drug-likeness (QED) is 0.780. The van der Waals surface area contributed by atoms with Crippen LogP contribution in [0.1, 0.15) is 11.1 Å². The minimum atomic E-state index is -3.53. The lowest BCUT2D eigenvalue weighted by atomic mass is 10.2. The minimum absolute atomic E-state index is 0.135. The Morgan fingerprint density at radius 1 is 1.07 bits per heavy atom. The number of hydrogen-bond donors (Lipinski definition) is 1. The van der Waals surface area contributed by atoms with E-state index in [-0.39, 0.29) is 12.5 Å². The second kappa shape index (κ2) is 8.94. The van der Waals surface area contributed by atoms with Crippen molar-refractivity contribution in [1.82, 2.24) is 9.21 Å². The third-order valence-corrected chi connectivity index (χ3v) is 7.06. The highest BCUT2D eigenvalue weighted by Gasteiger charge is 2.30. The molecule has 0 unspecified atom stereocenters. The maximum Gasteiger partial charge on any atom is 0.243 e. The van der Waals surface area contributed by atoms with Crippen molar-refractivity contribution in [3.63, 3.8) is 0 Å². The molecule has 1 N–H and O–H groups in total. The van der Waals surface area contributed by atoms with E-state index in [1.54, 1.807) is 25.3 Å². The van der Waals surface area contributed by atoms with Gasteiger partial charge >= 0.3 is 0 Å². The molecule has 2 aromatic carbocycles. The number of methoxy groups -OCH3 is 1. The molecule has 1 aliphatic rings. The number of amides is 1. The number of benzene rings is 2. The van der Waals surface area contributed by atoms with Crippen molar-refractivity contribution >= 4 is 21.6 Å². The van der Waals surface area contributed by atoms with Crippen LogP contribution in [0.25, 0.3) is 0 Å². The van der Waals surface area contributed by atoms with Gasteiger partial charge in [0.2, 0.25) is 15.9 Å². The van der Waals surface area contributed by atoms with Crippen molar-refractivity contribution in [2.45, 2.75) is 18.7 Å². The van der Waals surface area contributed by atoms with Gasteiger partial charge in [-0.3, -0.25) is 9.69 Å². The van der Waals surface area contributed by atoms with Crippen LogP contribution in [0.2, 0.25) is 0 Å². The number of carbonyl (C=O) groups excluding carboxylic acids is 1. The summed E-state index contributed by atoms with van der Waals surface area (Å²) < 4.78 is 32.6. The molecule has 0 aliphatic carbocycles. The van der Waals surface area contributed by atoms with Crippen LogP contribution in [-0.4, -0.2) is 63.4 Å². The van der Waals surface area contributed by atoms with Crippen LogP contribution in [0.5, 0.6) is 5.75 Å². The Bertz CT molecular complexity index is 983. The summed E-state index contributed by atoms with van der Waals surface area (Å²) in [5.74, 6) is 0.539. The van der Waals surface area contributed by atoms with Gasteiger partial charge in [-0.05, 0) is 37.6 Å². The summed E-state index contributed by atoms with van der Waals surface area (Å²) >= 11 is 0.